The van der Waals surface area contributed by atoms with E-state index in [1.54, 1.807) is 0 Å². The lowest BCUT2D eigenvalue weighted by Crippen LogP contribution is -2.30. The van der Waals surface area contributed by atoms with E-state index in [4.69, 9.17) is 20.8 Å². The number of nitrogens with zero attached hydrogens (tertiary/aromatic N) is 1. The van der Waals surface area contributed by atoms with E-state index in [9.17, 15) is 8.42 Å². The van der Waals surface area contributed by atoms with Gasteiger partial charge in [0, 0.05) is 26.8 Å². The number of rotatable bonds is 6. The summed E-state index contributed by atoms with van der Waals surface area (Å²) >= 11 is 8.65. The summed E-state index contributed by atoms with van der Waals surface area (Å²) < 4.78 is 35.6. The van der Waals surface area contributed by atoms with Gasteiger partial charge in [0.15, 0.2) is 4.67 Å². The molecule has 0 aliphatic rings. The molecular formula is C9H13BrClNO4S. The van der Waals surface area contributed by atoms with Crippen molar-refractivity contribution in [1.82, 2.24) is 4.31 Å². The van der Waals surface area contributed by atoms with Crippen LogP contribution in [-0.4, -0.2) is 40.0 Å². The summed E-state index contributed by atoms with van der Waals surface area (Å²) in [6, 6.07) is 1.41. The largest absolute Gasteiger partial charge is 0.452 e. The number of hydrogen-bond donors (Lipinski definition) is 0. The minimum Gasteiger partial charge on any atom is -0.452 e. The zero-order valence-electron chi connectivity index (χ0n) is 9.44. The van der Waals surface area contributed by atoms with E-state index < -0.39 is 10.0 Å². The average Bonchev–Trinajstić information content (AvgIpc) is 2.67. The van der Waals surface area contributed by atoms with Gasteiger partial charge in [-0.3, -0.25) is 0 Å². The van der Waals surface area contributed by atoms with Crippen LogP contribution in [0.3, 0.4) is 0 Å². The minimum atomic E-state index is -3.58. The number of alkyl halides is 1. The zero-order valence-corrected chi connectivity index (χ0v) is 12.6. The van der Waals surface area contributed by atoms with Gasteiger partial charge in [-0.2, -0.15) is 4.31 Å². The highest BCUT2D eigenvalue weighted by atomic mass is 79.9. The predicted octanol–water partition coefficient (Wildman–Crippen LogP) is 2.05. The van der Waals surface area contributed by atoms with Crippen LogP contribution in [0.15, 0.2) is 20.0 Å². The molecule has 0 aliphatic carbocycles. The third kappa shape index (κ3) is 3.45. The monoisotopic (exact) mass is 345 g/mol. The van der Waals surface area contributed by atoms with Crippen molar-refractivity contribution in [1.29, 1.82) is 0 Å². The Labute approximate surface area is 114 Å². The maximum Gasteiger partial charge on any atom is 0.247 e. The predicted molar refractivity (Wildman–Crippen MR) is 67.7 cm³/mol. The molecule has 1 aromatic rings. The van der Waals surface area contributed by atoms with Gasteiger partial charge in [0.25, 0.3) is 0 Å². The molecule has 0 radical (unpaired) electrons. The fourth-order valence-electron chi connectivity index (χ4n) is 1.15. The van der Waals surface area contributed by atoms with Gasteiger partial charge in [0.05, 0.1) is 12.5 Å². The van der Waals surface area contributed by atoms with Crippen LogP contribution in [0.1, 0.15) is 5.76 Å². The molecular weight excluding hydrogens is 334 g/mol. The third-order valence-corrected chi connectivity index (χ3v) is 5.11. The van der Waals surface area contributed by atoms with Crippen molar-refractivity contribution in [2.75, 3.05) is 27.3 Å². The SMILES string of the molecule is COCCN(C)S(=O)(=O)c1cc(CCl)oc1Br. The summed E-state index contributed by atoms with van der Waals surface area (Å²) in [7, 11) is -0.583. The maximum absolute atomic E-state index is 12.1. The van der Waals surface area contributed by atoms with E-state index in [2.05, 4.69) is 15.9 Å². The van der Waals surface area contributed by atoms with Crippen molar-refractivity contribution in [2.45, 2.75) is 10.8 Å². The van der Waals surface area contributed by atoms with Gasteiger partial charge in [-0.1, -0.05) is 0 Å². The average molecular weight is 347 g/mol. The van der Waals surface area contributed by atoms with Gasteiger partial charge in [-0.15, -0.1) is 11.6 Å². The third-order valence-electron chi connectivity index (χ3n) is 2.14. The van der Waals surface area contributed by atoms with Crippen LogP contribution >= 0.6 is 27.5 Å². The summed E-state index contributed by atoms with van der Waals surface area (Å²) in [4.78, 5) is 0.0757. The second-order valence-corrected chi connectivity index (χ2v) is 6.30. The highest BCUT2D eigenvalue weighted by molar-refractivity contribution is 9.10. The molecule has 0 bridgehead atoms. The number of sulfonamides is 1. The molecule has 5 nitrogen and oxygen atoms in total. The Morgan fingerprint density at radius 2 is 2.24 bits per heavy atom. The van der Waals surface area contributed by atoms with Crippen LogP contribution in [0, 0.1) is 0 Å². The molecule has 0 saturated heterocycles. The number of hydrogen-bond acceptors (Lipinski definition) is 4. The van der Waals surface area contributed by atoms with E-state index in [0.717, 1.165) is 0 Å². The fraction of sp³-hybridized carbons (Fsp3) is 0.556. The molecule has 0 aromatic carbocycles. The van der Waals surface area contributed by atoms with E-state index in [-0.39, 0.29) is 22.0 Å². The fourth-order valence-corrected chi connectivity index (χ4v) is 3.39. The maximum atomic E-state index is 12.1. The molecule has 0 fully saturated rings. The number of furan rings is 1. The highest BCUT2D eigenvalue weighted by Crippen LogP contribution is 2.28. The van der Waals surface area contributed by atoms with Crippen LogP contribution in [0.25, 0.3) is 0 Å². The molecule has 0 N–H and O–H groups in total. The topological polar surface area (TPSA) is 59.8 Å². The van der Waals surface area contributed by atoms with Crippen LogP contribution < -0.4 is 0 Å². The van der Waals surface area contributed by atoms with Gasteiger partial charge in [0.2, 0.25) is 10.0 Å². The van der Waals surface area contributed by atoms with Crippen LogP contribution in [0.5, 0.6) is 0 Å². The first-order chi connectivity index (χ1) is 7.93. The molecule has 0 atom stereocenters. The molecule has 1 aromatic heterocycles. The van der Waals surface area contributed by atoms with Crippen molar-refractivity contribution in [3.63, 3.8) is 0 Å². The second-order valence-electron chi connectivity index (χ2n) is 3.30. The Hall–Kier alpha value is -0.0800. The molecule has 17 heavy (non-hydrogen) atoms. The number of methoxy groups -OCH3 is 1. The highest BCUT2D eigenvalue weighted by Gasteiger charge is 2.26. The summed E-state index contributed by atoms with van der Waals surface area (Å²) in [5, 5.41) is 0. The van der Waals surface area contributed by atoms with Crippen LogP contribution in [0.2, 0.25) is 0 Å². The molecule has 1 heterocycles. The quantitative estimate of drug-likeness (QED) is 0.740. The van der Waals surface area contributed by atoms with E-state index >= 15 is 0 Å². The Bertz CT molecular complexity index is 473. The lowest BCUT2D eigenvalue weighted by molar-refractivity contribution is 0.185. The molecule has 8 heteroatoms. The molecule has 0 unspecified atom stereocenters. The number of ether oxygens (including phenoxy) is 1. The van der Waals surface area contributed by atoms with Crippen LogP contribution in [0.4, 0.5) is 0 Å². The first-order valence-electron chi connectivity index (χ1n) is 4.73. The zero-order chi connectivity index (χ0) is 13.1. The molecule has 1 rings (SSSR count). The summed E-state index contributed by atoms with van der Waals surface area (Å²) in [5.74, 6) is 0.521. The van der Waals surface area contributed by atoms with Crippen molar-refractivity contribution in [3.8, 4) is 0 Å². The molecule has 0 saturated carbocycles. The standard InChI is InChI=1S/C9H13BrClNO4S/c1-12(3-4-15-2)17(13,14)8-5-7(6-11)16-9(8)10/h5H,3-4,6H2,1-2H3. The van der Waals surface area contributed by atoms with Gasteiger partial charge < -0.3 is 9.15 Å². The van der Waals surface area contributed by atoms with Gasteiger partial charge in [-0.25, -0.2) is 8.42 Å². The lowest BCUT2D eigenvalue weighted by Gasteiger charge is -2.15. The number of likely N-dealkylation sites (N-methyl/N-ethyl adjacent to an activating group) is 1. The summed E-state index contributed by atoms with van der Waals surface area (Å²) in [6.07, 6.45) is 0. The summed E-state index contributed by atoms with van der Waals surface area (Å²) in [5.41, 5.74) is 0. The van der Waals surface area contributed by atoms with E-state index in [1.807, 2.05) is 0 Å². The Morgan fingerprint density at radius 1 is 1.59 bits per heavy atom. The van der Waals surface area contributed by atoms with E-state index in [0.29, 0.717) is 12.4 Å². The minimum absolute atomic E-state index is 0.0757. The Kier molecular flexibility index (Phi) is 5.46. The summed E-state index contributed by atoms with van der Waals surface area (Å²) in [6.45, 7) is 0.597. The Morgan fingerprint density at radius 3 is 2.71 bits per heavy atom. The van der Waals surface area contributed by atoms with Crippen molar-refractivity contribution in [3.05, 3.63) is 16.5 Å². The van der Waals surface area contributed by atoms with Gasteiger partial charge in [-0.05, 0) is 15.9 Å². The smallest absolute Gasteiger partial charge is 0.247 e. The molecule has 0 aliphatic heterocycles. The molecule has 0 amide bonds. The molecule has 0 spiro atoms. The first-order valence-corrected chi connectivity index (χ1v) is 7.49. The lowest BCUT2D eigenvalue weighted by atomic mass is 10.5. The Balaban J connectivity index is 2.99. The van der Waals surface area contributed by atoms with Crippen molar-refractivity contribution in [2.24, 2.45) is 0 Å². The number of halogens is 2. The van der Waals surface area contributed by atoms with E-state index in [1.165, 1.54) is 24.5 Å². The van der Waals surface area contributed by atoms with Crippen molar-refractivity contribution >= 4 is 37.6 Å². The normalized spacial score (nSPS) is 12.3. The molecule has 98 valence electrons. The van der Waals surface area contributed by atoms with Crippen LogP contribution in [-0.2, 0) is 20.6 Å². The van der Waals surface area contributed by atoms with Crippen molar-refractivity contribution < 1.29 is 17.6 Å². The van der Waals surface area contributed by atoms with Gasteiger partial charge >= 0.3 is 0 Å². The first kappa shape index (κ1) is 15.0. The second kappa shape index (κ2) is 6.19. The van der Waals surface area contributed by atoms with Gasteiger partial charge in [0.1, 0.15) is 10.7 Å².